The standard InChI is InChI=1S/C16H25F6N3O4/c1-14(2,3)29-13(28)25(10-8-24-12(27)16(20,21)22)9-7-23-6-4-5-11(26)15(17,18)19/h23H,4-10H2,1-3H3,(H,24,27). The van der Waals surface area contributed by atoms with E-state index in [9.17, 15) is 40.7 Å². The highest BCUT2D eigenvalue weighted by atomic mass is 19.4. The number of ether oxygens (including phenoxy) is 1. The van der Waals surface area contributed by atoms with Gasteiger partial charge in [-0.2, -0.15) is 26.3 Å². The van der Waals surface area contributed by atoms with Gasteiger partial charge in [-0.15, -0.1) is 0 Å². The molecule has 170 valence electrons. The van der Waals surface area contributed by atoms with Crippen LogP contribution >= 0.6 is 0 Å². The van der Waals surface area contributed by atoms with Gasteiger partial charge in [-0.05, 0) is 33.7 Å². The van der Waals surface area contributed by atoms with Crippen molar-refractivity contribution in [1.82, 2.24) is 15.5 Å². The van der Waals surface area contributed by atoms with E-state index >= 15 is 0 Å². The Morgan fingerprint density at radius 1 is 0.862 bits per heavy atom. The molecule has 7 nitrogen and oxygen atoms in total. The van der Waals surface area contributed by atoms with Crippen molar-refractivity contribution < 1.29 is 45.5 Å². The highest BCUT2D eigenvalue weighted by molar-refractivity contribution is 5.83. The second-order valence-corrected chi connectivity index (χ2v) is 7.00. The molecule has 0 aliphatic heterocycles. The van der Waals surface area contributed by atoms with Gasteiger partial charge in [0.2, 0.25) is 5.78 Å². The van der Waals surface area contributed by atoms with Gasteiger partial charge in [0, 0.05) is 32.6 Å². The van der Waals surface area contributed by atoms with Gasteiger partial charge in [-0.25, -0.2) is 4.79 Å². The molecule has 0 aromatic carbocycles. The maximum Gasteiger partial charge on any atom is 0.471 e. The van der Waals surface area contributed by atoms with E-state index in [2.05, 4.69) is 5.32 Å². The zero-order chi connectivity index (χ0) is 22.9. The van der Waals surface area contributed by atoms with Gasteiger partial charge in [0.1, 0.15) is 5.60 Å². The molecule has 0 bridgehead atoms. The molecule has 0 rings (SSSR count). The minimum absolute atomic E-state index is 0.0377. The van der Waals surface area contributed by atoms with Crippen molar-refractivity contribution in [2.45, 2.75) is 51.6 Å². The van der Waals surface area contributed by atoms with Crippen LogP contribution in [-0.4, -0.2) is 73.4 Å². The third-order valence-corrected chi connectivity index (χ3v) is 3.21. The molecule has 0 aromatic rings. The Kier molecular flexibility index (Phi) is 10.4. The minimum Gasteiger partial charge on any atom is -0.444 e. The maximum absolute atomic E-state index is 12.2. The van der Waals surface area contributed by atoms with Crippen molar-refractivity contribution in [3.63, 3.8) is 0 Å². The Labute approximate surface area is 164 Å². The number of hydrogen-bond acceptors (Lipinski definition) is 5. The minimum atomic E-state index is -5.05. The second-order valence-electron chi connectivity index (χ2n) is 7.00. The Morgan fingerprint density at radius 2 is 1.41 bits per heavy atom. The normalized spacial score (nSPS) is 12.4. The predicted molar refractivity (Wildman–Crippen MR) is 90.0 cm³/mol. The van der Waals surface area contributed by atoms with E-state index in [1.807, 2.05) is 0 Å². The van der Waals surface area contributed by atoms with E-state index in [4.69, 9.17) is 4.74 Å². The van der Waals surface area contributed by atoms with Gasteiger partial charge in [-0.1, -0.05) is 0 Å². The average molecular weight is 437 g/mol. The molecule has 0 heterocycles. The summed E-state index contributed by atoms with van der Waals surface area (Å²) in [6.07, 6.45) is -11.5. The number of nitrogens with zero attached hydrogens (tertiary/aromatic N) is 1. The third-order valence-electron chi connectivity index (χ3n) is 3.21. The molecule has 0 aliphatic rings. The molecule has 29 heavy (non-hydrogen) atoms. The quantitative estimate of drug-likeness (QED) is 0.405. The van der Waals surface area contributed by atoms with Gasteiger partial charge in [-0.3, -0.25) is 9.59 Å². The van der Waals surface area contributed by atoms with E-state index in [1.54, 1.807) is 26.1 Å². The van der Waals surface area contributed by atoms with Crippen molar-refractivity contribution in [2.24, 2.45) is 0 Å². The second kappa shape index (κ2) is 11.2. The Balaban J connectivity index is 4.47. The summed E-state index contributed by atoms with van der Waals surface area (Å²) in [5.74, 6) is -3.98. The highest BCUT2D eigenvalue weighted by Crippen LogP contribution is 2.18. The van der Waals surface area contributed by atoms with Crippen molar-refractivity contribution in [2.75, 3.05) is 32.7 Å². The van der Waals surface area contributed by atoms with Crippen molar-refractivity contribution >= 4 is 17.8 Å². The summed E-state index contributed by atoms with van der Waals surface area (Å²) in [5, 5.41) is 4.36. The van der Waals surface area contributed by atoms with E-state index in [0.29, 0.717) is 0 Å². The topological polar surface area (TPSA) is 87.7 Å². The molecule has 0 saturated heterocycles. The Hall–Kier alpha value is -2.05. The lowest BCUT2D eigenvalue weighted by atomic mass is 10.2. The summed E-state index contributed by atoms with van der Waals surface area (Å²) < 4.78 is 77.9. The lowest BCUT2D eigenvalue weighted by Gasteiger charge is -2.27. The molecular weight excluding hydrogens is 412 g/mol. The summed E-state index contributed by atoms with van der Waals surface area (Å²) in [5.41, 5.74) is -0.865. The van der Waals surface area contributed by atoms with Gasteiger partial charge >= 0.3 is 24.4 Å². The van der Waals surface area contributed by atoms with Crippen molar-refractivity contribution in [3.05, 3.63) is 0 Å². The van der Waals surface area contributed by atoms with Gasteiger partial charge in [0.15, 0.2) is 0 Å². The van der Waals surface area contributed by atoms with E-state index < -0.39 is 48.7 Å². The summed E-state index contributed by atoms with van der Waals surface area (Å²) >= 11 is 0. The number of ketones is 1. The number of carbonyl (C=O) groups is 3. The van der Waals surface area contributed by atoms with Crippen molar-refractivity contribution in [1.29, 1.82) is 0 Å². The fourth-order valence-corrected chi connectivity index (χ4v) is 1.88. The molecular formula is C16H25F6N3O4. The molecule has 0 aliphatic carbocycles. The predicted octanol–water partition coefficient (Wildman–Crippen LogP) is 2.40. The molecule has 0 spiro atoms. The zero-order valence-electron chi connectivity index (χ0n) is 16.3. The van der Waals surface area contributed by atoms with Crippen LogP contribution < -0.4 is 10.6 Å². The van der Waals surface area contributed by atoms with E-state index in [-0.39, 0.29) is 32.6 Å². The lowest BCUT2D eigenvalue weighted by Crippen LogP contribution is -2.46. The van der Waals surface area contributed by atoms with Crippen LogP contribution in [-0.2, 0) is 14.3 Å². The zero-order valence-corrected chi connectivity index (χ0v) is 16.3. The Morgan fingerprint density at radius 3 is 1.90 bits per heavy atom. The molecule has 2 N–H and O–H groups in total. The molecule has 2 amide bonds. The number of hydrogen-bond donors (Lipinski definition) is 2. The molecule has 0 atom stereocenters. The molecule has 0 saturated carbocycles. The first-order valence-electron chi connectivity index (χ1n) is 8.67. The first-order chi connectivity index (χ1) is 13.0. The van der Waals surface area contributed by atoms with Gasteiger partial charge in [0.25, 0.3) is 0 Å². The summed E-state index contributed by atoms with van der Waals surface area (Å²) in [4.78, 5) is 34.7. The number of amides is 2. The van der Waals surface area contributed by atoms with Crippen LogP contribution in [0.3, 0.4) is 0 Å². The van der Waals surface area contributed by atoms with Crippen LogP contribution in [0.15, 0.2) is 0 Å². The third kappa shape index (κ3) is 12.9. The first kappa shape index (κ1) is 27.0. The van der Waals surface area contributed by atoms with Gasteiger partial charge < -0.3 is 20.3 Å². The fourth-order valence-electron chi connectivity index (χ4n) is 1.88. The van der Waals surface area contributed by atoms with Crippen LogP contribution in [0.1, 0.15) is 33.6 Å². The largest absolute Gasteiger partial charge is 0.471 e. The SMILES string of the molecule is CC(C)(C)OC(=O)N(CCNCCCC(=O)C(F)(F)F)CCNC(=O)C(F)(F)F. The molecule has 0 radical (unpaired) electrons. The maximum atomic E-state index is 12.2. The highest BCUT2D eigenvalue weighted by Gasteiger charge is 2.38. The van der Waals surface area contributed by atoms with Gasteiger partial charge in [0.05, 0.1) is 0 Å². The molecule has 0 aromatic heterocycles. The number of Topliss-reactive ketones (excluding diaryl/α,β-unsaturated/α-hetero) is 1. The molecule has 0 unspecified atom stereocenters. The van der Waals surface area contributed by atoms with Crippen LogP contribution in [0.2, 0.25) is 0 Å². The molecule has 0 fully saturated rings. The summed E-state index contributed by atoms with van der Waals surface area (Å²) in [6, 6.07) is 0. The van der Waals surface area contributed by atoms with E-state index in [1.165, 1.54) is 0 Å². The summed E-state index contributed by atoms with van der Waals surface area (Å²) in [6.45, 7) is 4.13. The molecule has 13 heteroatoms. The monoisotopic (exact) mass is 437 g/mol. The summed E-state index contributed by atoms with van der Waals surface area (Å²) in [7, 11) is 0. The number of halogens is 6. The van der Waals surface area contributed by atoms with Crippen LogP contribution in [0, 0.1) is 0 Å². The van der Waals surface area contributed by atoms with Crippen molar-refractivity contribution in [3.8, 4) is 0 Å². The van der Waals surface area contributed by atoms with Crippen LogP contribution in [0.4, 0.5) is 31.1 Å². The number of nitrogens with one attached hydrogen (secondary N) is 2. The number of rotatable bonds is 10. The van der Waals surface area contributed by atoms with E-state index in [0.717, 1.165) is 4.90 Å². The first-order valence-corrected chi connectivity index (χ1v) is 8.67. The lowest BCUT2D eigenvalue weighted by molar-refractivity contribution is -0.173. The smallest absolute Gasteiger partial charge is 0.444 e. The van der Waals surface area contributed by atoms with Crippen LogP contribution in [0.25, 0.3) is 0 Å². The Bertz CT molecular complexity index is 558. The number of carbonyl (C=O) groups excluding carboxylic acids is 3. The van der Waals surface area contributed by atoms with Crippen LogP contribution in [0.5, 0.6) is 0 Å². The number of alkyl halides is 6. The average Bonchev–Trinajstić information content (AvgIpc) is 2.52. The fraction of sp³-hybridized carbons (Fsp3) is 0.812.